The highest BCUT2D eigenvalue weighted by Crippen LogP contribution is 2.36. The van der Waals surface area contributed by atoms with Crippen molar-refractivity contribution in [3.63, 3.8) is 0 Å². The minimum Gasteiger partial charge on any atom is -0.399 e. The number of benzene rings is 1. The van der Waals surface area contributed by atoms with E-state index in [9.17, 15) is 9.18 Å². The number of halogens is 1. The molecule has 4 nitrogen and oxygen atoms in total. The van der Waals surface area contributed by atoms with Crippen LogP contribution in [0.4, 0.5) is 4.39 Å². The largest absolute Gasteiger partial charge is 0.495 e. The fourth-order valence-electron chi connectivity index (χ4n) is 2.49. The van der Waals surface area contributed by atoms with Crippen molar-refractivity contribution in [1.29, 1.82) is 0 Å². The second-order valence-corrected chi connectivity index (χ2v) is 6.74. The van der Waals surface area contributed by atoms with Gasteiger partial charge in [0.15, 0.2) is 0 Å². The van der Waals surface area contributed by atoms with E-state index in [2.05, 4.69) is 0 Å². The topological polar surface area (TPSA) is 40.5 Å². The van der Waals surface area contributed by atoms with E-state index in [0.29, 0.717) is 11.2 Å². The zero-order chi connectivity index (χ0) is 16.8. The molecule has 0 bridgehead atoms. The molecule has 0 saturated carbocycles. The lowest BCUT2D eigenvalue weighted by atomic mass is 9.79. The zero-order valence-electron chi connectivity index (χ0n) is 13.7. The van der Waals surface area contributed by atoms with Crippen LogP contribution in [0, 0.1) is 5.82 Å². The Bertz CT molecular complexity index is 784. The standard InChI is InChI=1S/C17H19BFNO3/c1-16(2)17(3,4)23-18(22-16)12-9-13(19)11-14(10-12)20-8-6-5-7-15(20)21/h5-11H,1-4H3. The van der Waals surface area contributed by atoms with Crippen molar-refractivity contribution >= 4 is 12.6 Å². The van der Waals surface area contributed by atoms with E-state index in [4.69, 9.17) is 9.31 Å². The number of nitrogens with zero attached hydrogens (tertiary/aromatic N) is 1. The third-order valence-electron chi connectivity index (χ3n) is 4.53. The van der Waals surface area contributed by atoms with Crippen LogP contribution in [0.25, 0.3) is 5.69 Å². The van der Waals surface area contributed by atoms with Gasteiger partial charge in [0.1, 0.15) is 5.82 Å². The van der Waals surface area contributed by atoms with Crippen molar-refractivity contribution in [2.24, 2.45) is 0 Å². The molecule has 0 spiro atoms. The normalized spacial score (nSPS) is 19.1. The molecule has 0 aliphatic carbocycles. The molecule has 0 atom stereocenters. The summed E-state index contributed by atoms with van der Waals surface area (Å²) in [5.41, 5.74) is -0.241. The van der Waals surface area contributed by atoms with E-state index in [1.807, 2.05) is 27.7 Å². The average Bonchev–Trinajstić information content (AvgIpc) is 2.67. The minimum atomic E-state index is -0.672. The highest BCUT2D eigenvalue weighted by atomic mass is 19.1. The van der Waals surface area contributed by atoms with Crippen LogP contribution in [0.5, 0.6) is 0 Å². The molecular weight excluding hydrogens is 296 g/mol. The molecule has 1 fully saturated rings. The Morgan fingerprint density at radius 1 is 1.04 bits per heavy atom. The summed E-state index contributed by atoms with van der Waals surface area (Å²) in [6.07, 6.45) is 1.60. The quantitative estimate of drug-likeness (QED) is 0.798. The lowest BCUT2D eigenvalue weighted by molar-refractivity contribution is 0.00578. The van der Waals surface area contributed by atoms with Gasteiger partial charge in [0.2, 0.25) is 0 Å². The summed E-state index contributed by atoms with van der Waals surface area (Å²) in [5.74, 6) is -0.442. The Balaban J connectivity index is 2.03. The van der Waals surface area contributed by atoms with Crippen molar-refractivity contribution in [3.8, 4) is 5.69 Å². The van der Waals surface area contributed by atoms with Crippen molar-refractivity contribution in [3.05, 3.63) is 58.8 Å². The van der Waals surface area contributed by atoms with Crippen LogP contribution in [0.3, 0.4) is 0 Å². The fraction of sp³-hybridized carbons (Fsp3) is 0.353. The van der Waals surface area contributed by atoms with Crippen LogP contribution in [-0.2, 0) is 9.31 Å². The molecular formula is C17H19BFNO3. The first-order chi connectivity index (χ1) is 10.7. The number of rotatable bonds is 2. The maximum Gasteiger partial charge on any atom is 0.495 e. The summed E-state index contributed by atoms with van der Waals surface area (Å²) in [7, 11) is -0.672. The number of aromatic nitrogens is 1. The van der Waals surface area contributed by atoms with E-state index < -0.39 is 24.1 Å². The van der Waals surface area contributed by atoms with Gasteiger partial charge in [-0.1, -0.05) is 6.07 Å². The maximum atomic E-state index is 14.1. The molecule has 1 aromatic carbocycles. The fourth-order valence-corrected chi connectivity index (χ4v) is 2.49. The van der Waals surface area contributed by atoms with Gasteiger partial charge in [0.25, 0.3) is 5.56 Å². The van der Waals surface area contributed by atoms with Crippen LogP contribution in [-0.4, -0.2) is 22.9 Å². The van der Waals surface area contributed by atoms with Crippen molar-refractivity contribution in [1.82, 2.24) is 4.57 Å². The van der Waals surface area contributed by atoms with Crippen molar-refractivity contribution < 1.29 is 13.7 Å². The highest BCUT2D eigenvalue weighted by Gasteiger charge is 2.51. The molecule has 2 aromatic rings. The summed E-state index contributed by atoms with van der Waals surface area (Å²) >= 11 is 0. The average molecular weight is 315 g/mol. The second-order valence-electron chi connectivity index (χ2n) is 6.74. The second kappa shape index (κ2) is 5.32. The van der Waals surface area contributed by atoms with Crippen molar-refractivity contribution in [2.75, 3.05) is 0 Å². The lowest BCUT2D eigenvalue weighted by Crippen LogP contribution is -2.41. The first kappa shape index (κ1) is 16.0. The smallest absolute Gasteiger partial charge is 0.399 e. The number of pyridine rings is 1. The summed E-state index contributed by atoms with van der Waals surface area (Å²) in [6.45, 7) is 7.76. The lowest BCUT2D eigenvalue weighted by Gasteiger charge is -2.32. The molecule has 2 heterocycles. The molecule has 0 unspecified atom stereocenters. The molecule has 0 amide bonds. The van der Waals surface area contributed by atoms with Crippen LogP contribution in [0.2, 0.25) is 0 Å². The Morgan fingerprint density at radius 2 is 1.70 bits per heavy atom. The number of hydrogen-bond donors (Lipinski definition) is 0. The molecule has 3 rings (SSSR count). The Kier molecular flexibility index (Phi) is 3.69. The van der Waals surface area contributed by atoms with Gasteiger partial charge < -0.3 is 9.31 Å². The van der Waals surface area contributed by atoms with Gasteiger partial charge in [-0.3, -0.25) is 9.36 Å². The number of hydrogen-bond acceptors (Lipinski definition) is 3. The molecule has 6 heteroatoms. The van der Waals surface area contributed by atoms with E-state index in [-0.39, 0.29) is 5.56 Å². The van der Waals surface area contributed by atoms with Crippen LogP contribution < -0.4 is 11.0 Å². The van der Waals surface area contributed by atoms with E-state index in [0.717, 1.165) is 0 Å². The molecule has 1 saturated heterocycles. The minimum absolute atomic E-state index is 0.224. The highest BCUT2D eigenvalue weighted by molar-refractivity contribution is 6.62. The zero-order valence-corrected chi connectivity index (χ0v) is 13.7. The summed E-state index contributed by atoms with van der Waals surface area (Å²) in [4.78, 5) is 11.9. The molecule has 0 radical (unpaired) electrons. The summed E-state index contributed by atoms with van der Waals surface area (Å²) in [6, 6.07) is 9.20. The van der Waals surface area contributed by atoms with E-state index in [1.165, 1.54) is 22.8 Å². The summed E-state index contributed by atoms with van der Waals surface area (Å²) < 4.78 is 27.3. The van der Waals surface area contributed by atoms with Crippen LogP contribution in [0.1, 0.15) is 27.7 Å². The molecule has 120 valence electrons. The Morgan fingerprint density at radius 3 is 2.30 bits per heavy atom. The SMILES string of the molecule is CC1(C)OB(c2cc(F)cc(-n3ccccc3=O)c2)OC1(C)C. The first-order valence-corrected chi connectivity index (χ1v) is 7.54. The van der Waals surface area contributed by atoms with Gasteiger partial charge in [0, 0.05) is 12.3 Å². The predicted octanol–water partition coefficient (Wildman–Crippen LogP) is 2.28. The molecule has 1 aliphatic heterocycles. The first-order valence-electron chi connectivity index (χ1n) is 7.54. The molecule has 23 heavy (non-hydrogen) atoms. The Labute approximate surface area is 135 Å². The van der Waals surface area contributed by atoms with Gasteiger partial charge in [0.05, 0.1) is 16.9 Å². The molecule has 0 N–H and O–H groups in total. The molecule has 1 aromatic heterocycles. The molecule has 1 aliphatic rings. The van der Waals surface area contributed by atoms with Gasteiger partial charge >= 0.3 is 7.12 Å². The van der Waals surface area contributed by atoms with Gasteiger partial charge in [-0.25, -0.2) is 4.39 Å². The maximum absolute atomic E-state index is 14.1. The van der Waals surface area contributed by atoms with E-state index >= 15 is 0 Å². The van der Waals surface area contributed by atoms with Crippen molar-refractivity contribution in [2.45, 2.75) is 38.9 Å². The predicted molar refractivity (Wildman–Crippen MR) is 87.7 cm³/mol. The Hall–Kier alpha value is -1.92. The third kappa shape index (κ3) is 2.84. The van der Waals surface area contributed by atoms with Gasteiger partial charge in [-0.2, -0.15) is 0 Å². The monoisotopic (exact) mass is 315 g/mol. The third-order valence-corrected chi connectivity index (χ3v) is 4.53. The van der Waals surface area contributed by atoms with Gasteiger partial charge in [-0.15, -0.1) is 0 Å². The van der Waals surface area contributed by atoms with Crippen LogP contribution in [0.15, 0.2) is 47.4 Å². The summed E-state index contributed by atoms with van der Waals surface area (Å²) in [5, 5.41) is 0. The van der Waals surface area contributed by atoms with Gasteiger partial charge in [-0.05, 0) is 57.4 Å². The van der Waals surface area contributed by atoms with E-state index in [1.54, 1.807) is 24.4 Å². The van der Waals surface area contributed by atoms with Crippen LogP contribution >= 0.6 is 0 Å².